The molecule has 0 heterocycles. The maximum atomic E-state index is 13.5. The summed E-state index contributed by atoms with van der Waals surface area (Å²) in [6.45, 7) is 1.22. The van der Waals surface area contributed by atoms with E-state index < -0.39 is 23.9 Å². The summed E-state index contributed by atoms with van der Waals surface area (Å²) in [4.78, 5) is 23.3. The summed E-state index contributed by atoms with van der Waals surface area (Å²) in [5.74, 6) is -1.76. The summed E-state index contributed by atoms with van der Waals surface area (Å²) in [6, 6.07) is 5.04. The van der Waals surface area contributed by atoms with Crippen LogP contribution in [0.3, 0.4) is 0 Å². The van der Waals surface area contributed by atoms with Crippen molar-refractivity contribution in [1.29, 1.82) is 0 Å². The summed E-state index contributed by atoms with van der Waals surface area (Å²) in [6.07, 6.45) is -6.65. The third-order valence-electron chi connectivity index (χ3n) is 2.66. The van der Waals surface area contributed by atoms with Gasteiger partial charge >= 0.3 is 23.9 Å². The van der Waals surface area contributed by atoms with Crippen LogP contribution < -0.4 is 10.6 Å². The van der Waals surface area contributed by atoms with Gasteiger partial charge in [0.25, 0.3) is 0 Å². The highest BCUT2D eigenvalue weighted by molar-refractivity contribution is 6.30. The van der Waals surface area contributed by atoms with Gasteiger partial charge < -0.3 is 14.8 Å². The third-order valence-corrected chi connectivity index (χ3v) is 2.91. The highest BCUT2D eigenvalue weighted by atomic mass is 35.5. The summed E-state index contributed by atoms with van der Waals surface area (Å²) >= 11 is 5.66. The molecule has 1 amide bonds. The largest absolute Gasteiger partial charge is 0.466 e. The molecule has 0 radical (unpaired) electrons. The smallest absolute Gasteiger partial charge is 0.442 e. The Morgan fingerprint density at radius 1 is 1.22 bits per heavy atom. The van der Waals surface area contributed by atoms with Crippen LogP contribution >= 0.6 is 11.6 Å². The zero-order valence-electron chi connectivity index (χ0n) is 12.2. The molecular weight excluding hydrogens is 341 g/mol. The third kappa shape index (κ3) is 4.41. The van der Waals surface area contributed by atoms with E-state index in [1.807, 2.05) is 5.32 Å². The zero-order chi connectivity index (χ0) is 17.7. The van der Waals surface area contributed by atoms with Gasteiger partial charge in [0.1, 0.15) is 0 Å². The van der Waals surface area contributed by atoms with Crippen molar-refractivity contribution in [2.75, 3.05) is 19.0 Å². The van der Waals surface area contributed by atoms with E-state index in [1.165, 1.54) is 36.5 Å². The molecular formula is C13H14ClF3N2O4. The van der Waals surface area contributed by atoms with Crippen molar-refractivity contribution >= 4 is 29.4 Å². The number of halogens is 4. The Kier molecular flexibility index (Phi) is 6.08. The number of carbonyl (C=O) groups excluding carboxylic acids is 2. The molecule has 128 valence electrons. The van der Waals surface area contributed by atoms with Gasteiger partial charge in [-0.25, -0.2) is 9.59 Å². The minimum Gasteiger partial charge on any atom is -0.466 e. The predicted octanol–water partition coefficient (Wildman–Crippen LogP) is 2.93. The number of benzene rings is 1. The average molecular weight is 355 g/mol. The molecule has 0 saturated heterocycles. The normalized spacial score (nSPS) is 13.7. The van der Waals surface area contributed by atoms with Gasteiger partial charge in [0.05, 0.1) is 13.7 Å². The Labute approximate surface area is 134 Å². The van der Waals surface area contributed by atoms with Gasteiger partial charge in [-0.3, -0.25) is 5.32 Å². The Balaban J connectivity index is 3.28. The number of methoxy groups -OCH3 is 1. The molecule has 0 saturated carbocycles. The second kappa shape index (κ2) is 7.40. The number of amides is 1. The molecule has 1 aromatic rings. The Morgan fingerprint density at radius 3 is 2.22 bits per heavy atom. The number of hydrogen-bond acceptors (Lipinski definition) is 5. The fourth-order valence-corrected chi connectivity index (χ4v) is 1.74. The van der Waals surface area contributed by atoms with Crippen molar-refractivity contribution in [3.05, 3.63) is 29.3 Å². The molecule has 6 nitrogen and oxygen atoms in total. The maximum absolute atomic E-state index is 13.5. The van der Waals surface area contributed by atoms with E-state index in [4.69, 9.17) is 11.6 Å². The van der Waals surface area contributed by atoms with Crippen LogP contribution in [0.15, 0.2) is 24.3 Å². The topological polar surface area (TPSA) is 76.7 Å². The van der Waals surface area contributed by atoms with Crippen LogP contribution in [0.2, 0.25) is 5.02 Å². The standard InChI is InChI=1S/C13H14ClF3N2O4/c1-3-23-11(21)19-12(10(20)22-2,13(15,16)17)18-9-6-4-8(14)5-7-9/h4-7,18H,3H2,1-2H3,(H,19,21)/t12-/m1/s1. The van der Waals surface area contributed by atoms with Gasteiger partial charge in [-0.2, -0.15) is 13.2 Å². The zero-order valence-corrected chi connectivity index (χ0v) is 12.9. The van der Waals surface area contributed by atoms with Crippen LogP contribution in [0.25, 0.3) is 0 Å². The highest BCUT2D eigenvalue weighted by Crippen LogP contribution is 2.33. The Hall–Kier alpha value is -2.16. The van der Waals surface area contributed by atoms with E-state index in [0.29, 0.717) is 0 Å². The molecule has 1 atom stereocenters. The minimum atomic E-state index is -5.22. The molecule has 23 heavy (non-hydrogen) atoms. The lowest BCUT2D eigenvalue weighted by Gasteiger charge is -2.34. The first kappa shape index (κ1) is 18.9. The monoisotopic (exact) mass is 354 g/mol. The van der Waals surface area contributed by atoms with Gasteiger partial charge in [0.15, 0.2) is 0 Å². The van der Waals surface area contributed by atoms with Gasteiger partial charge in [-0.05, 0) is 31.2 Å². The summed E-state index contributed by atoms with van der Waals surface area (Å²) in [5.41, 5.74) is -3.63. The van der Waals surface area contributed by atoms with E-state index in [0.717, 1.165) is 7.11 Å². The first-order valence-corrected chi connectivity index (χ1v) is 6.68. The quantitative estimate of drug-likeness (QED) is 0.628. The molecule has 0 aliphatic carbocycles. The van der Waals surface area contributed by atoms with E-state index in [9.17, 15) is 22.8 Å². The number of alkyl halides is 3. The number of anilines is 1. The van der Waals surface area contributed by atoms with Crippen LogP contribution in [0, 0.1) is 0 Å². The molecule has 0 aliphatic heterocycles. The van der Waals surface area contributed by atoms with E-state index >= 15 is 0 Å². The van der Waals surface area contributed by atoms with Crippen molar-refractivity contribution in [2.45, 2.75) is 18.8 Å². The van der Waals surface area contributed by atoms with Crippen LogP contribution in [-0.4, -0.2) is 37.6 Å². The molecule has 1 aromatic carbocycles. The van der Waals surface area contributed by atoms with E-state index in [1.54, 1.807) is 0 Å². The summed E-state index contributed by atoms with van der Waals surface area (Å²) in [7, 11) is 0.763. The Bertz CT molecular complexity index is 565. The number of esters is 1. The minimum absolute atomic E-state index is 0.117. The lowest BCUT2D eigenvalue weighted by molar-refractivity contribution is -0.203. The predicted molar refractivity (Wildman–Crippen MR) is 76.0 cm³/mol. The molecule has 0 bridgehead atoms. The second-order valence-corrected chi connectivity index (χ2v) is 4.65. The van der Waals surface area contributed by atoms with Crippen molar-refractivity contribution in [2.24, 2.45) is 0 Å². The summed E-state index contributed by atoms with van der Waals surface area (Å²) < 4.78 is 49.2. The number of alkyl carbamates (subject to hydrolysis) is 1. The van der Waals surface area contributed by atoms with Gasteiger partial charge in [0.2, 0.25) is 0 Å². The second-order valence-electron chi connectivity index (χ2n) is 4.22. The lowest BCUT2D eigenvalue weighted by Crippen LogP contribution is -2.69. The van der Waals surface area contributed by atoms with Crippen LogP contribution in [0.1, 0.15) is 6.92 Å². The SMILES string of the molecule is CCOC(=O)N[C@](Nc1ccc(Cl)cc1)(C(=O)OC)C(F)(F)F. The number of nitrogens with one attached hydrogen (secondary N) is 2. The van der Waals surface area contributed by atoms with Crippen molar-refractivity contribution in [3.63, 3.8) is 0 Å². The molecule has 0 aromatic heterocycles. The molecule has 1 rings (SSSR count). The lowest BCUT2D eigenvalue weighted by atomic mass is 10.1. The highest BCUT2D eigenvalue weighted by Gasteiger charge is 2.63. The van der Waals surface area contributed by atoms with Crippen LogP contribution in [0.4, 0.5) is 23.7 Å². The molecule has 10 heteroatoms. The van der Waals surface area contributed by atoms with E-state index in [2.05, 4.69) is 9.47 Å². The van der Waals surface area contributed by atoms with Gasteiger partial charge in [-0.15, -0.1) is 0 Å². The summed E-state index contributed by atoms with van der Waals surface area (Å²) in [5, 5.41) is 3.69. The number of ether oxygens (including phenoxy) is 2. The van der Waals surface area contributed by atoms with Crippen molar-refractivity contribution in [1.82, 2.24) is 5.32 Å². The molecule has 0 spiro atoms. The fraction of sp³-hybridized carbons (Fsp3) is 0.385. The Morgan fingerprint density at radius 2 is 1.78 bits per heavy atom. The van der Waals surface area contributed by atoms with E-state index in [-0.39, 0.29) is 17.3 Å². The fourth-order valence-electron chi connectivity index (χ4n) is 1.61. The molecule has 0 fully saturated rings. The average Bonchev–Trinajstić information content (AvgIpc) is 2.47. The van der Waals surface area contributed by atoms with Gasteiger partial charge in [0, 0.05) is 10.7 Å². The first-order chi connectivity index (χ1) is 10.7. The van der Waals surface area contributed by atoms with Crippen molar-refractivity contribution < 1.29 is 32.2 Å². The van der Waals surface area contributed by atoms with Crippen LogP contribution in [0.5, 0.6) is 0 Å². The molecule has 2 N–H and O–H groups in total. The number of rotatable bonds is 5. The maximum Gasteiger partial charge on any atom is 0.442 e. The number of carbonyl (C=O) groups is 2. The first-order valence-electron chi connectivity index (χ1n) is 6.30. The van der Waals surface area contributed by atoms with Crippen LogP contribution in [-0.2, 0) is 14.3 Å². The molecule has 0 aliphatic rings. The van der Waals surface area contributed by atoms with Crippen molar-refractivity contribution in [3.8, 4) is 0 Å². The molecule has 0 unspecified atom stereocenters. The van der Waals surface area contributed by atoms with Gasteiger partial charge in [-0.1, -0.05) is 11.6 Å². The number of hydrogen-bond donors (Lipinski definition) is 2.